The molecule has 64 valence electrons. The molecule has 1 unspecified atom stereocenters. The van der Waals surface area contributed by atoms with E-state index in [0.29, 0.717) is 0 Å². The van der Waals surface area contributed by atoms with Crippen molar-refractivity contribution in [2.24, 2.45) is 0 Å². The molecule has 0 saturated heterocycles. The van der Waals surface area contributed by atoms with Gasteiger partial charge in [0, 0.05) is 0 Å². The van der Waals surface area contributed by atoms with E-state index in [2.05, 4.69) is 24.4 Å². The molecule has 0 rings (SSSR count). The zero-order chi connectivity index (χ0) is 8.53. The van der Waals surface area contributed by atoms with Crippen molar-refractivity contribution in [2.75, 3.05) is 18.6 Å². The van der Waals surface area contributed by atoms with Gasteiger partial charge in [-0.15, -0.1) is 6.42 Å². The fraction of sp³-hybridized carbons (Fsp3) is 0.778. The van der Waals surface area contributed by atoms with E-state index in [9.17, 15) is 0 Å². The van der Waals surface area contributed by atoms with Crippen molar-refractivity contribution >= 4 is 11.8 Å². The number of thioether (sulfide) groups is 1. The van der Waals surface area contributed by atoms with Crippen molar-refractivity contribution in [3.8, 4) is 12.3 Å². The molecule has 0 aliphatic heterocycles. The van der Waals surface area contributed by atoms with Gasteiger partial charge in [0.2, 0.25) is 0 Å². The van der Waals surface area contributed by atoms with E-state index in [0.717, 1.165) is 13.0 Å². The second-order valence-electron chi connectivity index (χ2n) is 2.43. The lowest BCUT2D eigenvalue weighted by molar-refractivity contribution is 0.589. The Hall–Kier alpha value is -0.130. The van der Waals surface area contributed by atoms with Gasteiger partial charge < -0.3 is 5.32 Å². The summed E-state index contributed by atoms with van der Waals surface area (Å²) in [6, 6.07) is 0.275. The van der Waals surface area contributed by atoms with Crippen molar-refractivity contribution in [1.82, 2.24) is 5.32 Å². The van der Waals surface area contributed by atoms with E-state index in [1.807, 2.05) is 11.8 Å². The summed E-state index contributed by atoms with van der Waals surface area (Å²) in [5.74, 6) is 3.93. The van der Waals surface area contributed by atoms with Gasteiger partial charge in [-0.25, -0.2) is 0 Å². The van der Waals surface area contributed by atoms with Crippen LogP contribution in [0.25, 0.3) is 0 Å². The molecule has 2 heteroatoms. The van der Waals surface area contributed by atoms with Gasteiger partial charge in [-0.2, -0.15) is 11.8 Å². The SMILES string of the molecule is C#CC(CC)NCCCSC. The number of nitrogens with one attached hydrogen (secondary N) is 1. The summed E-state index contributed by atoms with van der Waals surface area (Å²) in [6.45, 7) is 3.15. The zero-order valence-corrected chi connectivity index (χ0v) is 8.21. The molecule has 0 spiro atoms. The molecular formula is C9H17NS. The molecule has 0 aliphatic rings. The summed E-state index contributed by atoms with van der Waals surface area (Å²) in [7, 11) is 0. The minimum Gasteiger partial charge on any atom is -0.304 e. The van der Waals surface area contributed by atoms with Crippen LogP contribution in [0, 0.1) is 12.3 Å². The lowest BCUT2D eigenvalue weighted by Gasteiger charge is -2.09. The minimum absolute atomic E-state index is 0.275. The predicted octanol–water partition coefficient (Wildman–Crippen LogP) is 1.74. The molecule has 0 aromatic carbocycles. The first-order chi connectivity index (χ1) is 5.35. The highest BCUT2D eigenvalue weighted by molar-refractivity contribution is 7.98. The third-order valence-electron chi connectivity index (χ3n) is 1.53. The molecule has 0 saturated carbocycles. The zero-order valence-electron chi connectivity index (χ0n) is 7.39. The van der Waals surface area contributed by atoms with Crippen LogP contribution in [0.1, 0.15) is 19.8 Å². The van der Waals surface area contributed by atoms with Crippen LogP contribution in [-0.4, -0.2) is 24.6 Å². The van der Waals surface area contributed by atoms with Crippen molar-refractivity contribution in [2.45, 2.75) is 25.8 Å². The van der Waals surface area contributed by atoms with Crippen molar-refractivity contribution in [3.05, 3.63) is 0 Å². The Balaban J connectivity index is 3.16. The highest BCUT2D eigenvalue weighted by atomic mass is 32.2. The second-order valence-corrected chi connectivity index (χ2v) is 3.41. The molecule has 1 nitrogen and oxygen atoms in total. The Labute approximate surface area is 74.3 Å². The van der Waals surface area contributed by atoms with E-state index >= 15 is 0 Å². The van der Waals surface area contributed by atoms with E-state index in [1.165, 1.54) is 12.2 Å². The number of terminal acetylenes is 1. The van der Waals surface area contributed by atoms with Gasteiger partial charge in [-0.3, -0.25) is 0 Å². The van der Waals surface area contributed by atoms with E-state index in [-0.39, 0.29) is 6.04 Å². The second kappa shape index (κ2) is 7.97. The topological polar surface area (TPSA) is 12.0 Å². The maximum atomic E-state index is 5.28. The molecule has 0 aliphatic carbocycles. The number of rotatable bonds is 6. The Bertz CT molecular complexity index is 117. The summed E-state index contributed by atoms with van der Waals surface area (Å²) in [6.07, 6.45) is 9.64. The Morgan fingerprint density at radius 2 is 2.36 bits per heavy atom. The molecule has 1 N–H and O–H groups in total. The van der Waals surface area contributed by atoms with E-state index in [1.54, 1.807) is 0 Å². The van der Waals surface area contributed by atoms with Gasteiger partial charge in [0.25, 0.3) is 0 Å². The van der Waals surface area contributed by atoms with Crippen LogP contribution in [0.15, 0.2) is 0 Å². The molecule has 1 atom stereocenters. The summed E-state index contributed by atoms with van der Waals surface area (Å²) in [4.78, 5) is 0. The van der Waals surface area contributed by atoms with Crippen molar-refractivity contribution in [3.63, 3.8) is 0 Å². The largest absolute Gasteiger partial charge is 0.304 e. The fourth-order valence-electron chi connectivity index (χ4n) is 0.814. The summed E-state index contributed by atoms with van der Waals surface area (Å²) >= 11 is 1.88. The summed E-state index contributed by atoms with van der Waals surface area (Å²) in [5.41, 5.74) is 0. The van der Waals surface area contributed by atoms with Crippen LogP contribution in [0.2, 0.25) is 0 Å². The Kier molecular flexibility index (Phi) is 7.88. The van der Waals surface area contributed by atoms with Crippen LogP contribution in [-0.2, 0) is 0 Å². The lowest BCUT2D eigenvalue weighted by Crippen LogP contribution is -2.27. The molecular weight excluding hydrogens is 154 g/mol. The normalized spacial score (nSPS) is 12.5. The standard InChI is InChI=1S/C9H17NS/c1-4-9(5-2)10-7-6-8-11-3/h1,9-10H,5-8H2,2-3H3. The average molecular weight is 171 g/mol. The third kappa shape index (κ3) is 6.28. The summed E-state index contributed by atoms with van der Waals surface area (Å²) < 4.78 is 0. The molecule has 11 heavy (non-hydrogen) atoms. The quantitative estimate of drug-likeness (QED) is 0.482. The first-order valence-electron chi connectivity index (χ1n) is 4.03. The third-order valence-corrected chi connectivity index (χ3v) is 2.22. The van der Waals surface area contributed by atoms with Crippen LogP contribution in [0.3, 0.4) is 0 Å². The smallest absolute Gasteiger partial charge is 0.0684 e. The minimum atomic E-state index is 0.275. The molecule has 0 aromatic heterocycles. The van der Waals surface area contributed by atoms with E-state index < -0.39 is 0 Å². The highest BCUT2D eigenvalue weighted by Gasteiger charge is 1.97. The first kappa shape index (κ1) is 10.9. The molecule has 0 bridgehead atoms. The number of hydrogen-bond acceptors (Lipinski definition) is 2. The Morgan fingerprint density at radius 1 is 1.64 bits per heavy atom. The monoisotopic (exact) mass is 171 g/mol. The van der Waals surface area contributed by atoms with Crippen LogP contribution in [0.5, 0.6) is 0 Å². The average Bonchev–Trinajstić information content (AvgIpc) is 2.05. The van der Waals surface area contributed by atoms with Gasteiger partial charge in [-0.1, -0.05) is 12.8 Å². The Morgan fingerprint density at radius 3 is 2.82 bits per heavy atom. The first-order valence-corrected chi connectivity index (χ1v) is 5.43. The molecule has 0 heterocycles. The van der Waals surface area contributed by atoms with E-state index in [4.69, 9.17) is 6.42 Å². The van der Waals surface area contributed by atoms with Gasteiger partial charge in [0.15, 0.2) is 0 Å². The number of hydrogen-bond donors (Lipinski definition) is 1. The van der Waals surface area contributed by atoms with Crippen molar-refractivity contribution in [1.29, 1.82) is 0 Å². The summed E-state index contributed by atoms with van der Waals surface area (Å²) in [5, 5.41) is 3.30. The van der Waals surface area contributed by atoms with Gasteiger partial charge in [-0.05, 0) is 31.4 Å². The lowest BCUT2D eigenvalue weighted by atomic mass is 10.2. The molecule has 0 amide bonds. The molecule has 0 aromatic rings. The van der Waals surface area contributed by atoms with Crippen LogP contribution >= 0.6 is 11.8 Å². The van der Waals surface area contributed by atoms with Gasteiger partial charge in [0.1, 0.15) is 0 Å². The fourth-order valence-corrected chi connectivity index (χ4v) is 1.25. The predicted molar refractivity (Wildman–Crippen MR) is 53.9 cm³/mol. The van der Waals surface area contributed by atoms with Crippen molar-refractivity contribution < 1.29 is 0 Å². The highest BCUT2D eigenvalue weighted by Crippen LogP contribution is 1.94. The molecule has 0 radical (unpaired) electrons. The van der Waals surface area contributed by atoms with Crippen LogP contribution < -0.4 is 5.32 Å². The van der Waals surface area contributed by atoms with Gasteiger partial charge >= 0.3 is 0 Å². The maximum absolute atomic E-state index is 5.28. The molecule has 0 fully saturated rings. The van der Waals surface area contributed by atoms with Gasteiger partial charge in [0.05, 0.1) is 6.04 Å². The van der Waals surface area contributed by atoms with Crippen LogP contribution in [0.4, 0.5) is 0 Å². The maximum Gasteiger partial charge on any atom is 0.0684 e.